The van der Waals surface area contributed by atoms with Crippen molar-refractivity contribution in [1.29, 1.82) is 0 Å². The lowest BCUT2D eigenvalue weighted by Crippen LogP contribution is -2.29. The van der Waals surface area contributed by atoms with E-state index in [4.69, 9.17) is 24.3 Å². The fraction of sp³-hybridized carbons (Fsp3) is 0.551. The number of carbonyl (C=O) groups excluding carboxylic acids is 2. The van der Waals surface area contributed by atoms with Gasteiger partial charge in [-0.2, -0.15) is 0 Å². The predicted molar refractivity (Wildman–Crippen MR) is 247 cm³/mol. The van der Waals surface area contributed by atoms with Gasteiger partial charge in [0.05, 0.1) is 13.2 Å². The Labute approximate surface area is 358 Å². The number of esters is 2. The van der Waals surface area contributed by atoms with Gasteiger partial charge in [0, 0.05) is 19.4 Å². The Hall–Kier alpha value is -3.59. The standard InChI is InChI=1S/C49H78NO8P/c1-3-5-7-9-11-13-15-17-19-21-23-25-27-29-31-33-35-37-39-41-48(51)55-45-47(46-57-59(53,54)56-44-43-50)58-49(52)42-40-38-36-34-32-30-28-26-24-22-20-18-16-14-12-10-8-6-4-2/h6,8,11-14,17-20,23-26,29-32,36,38,47H,3-5,7,9-10,15-16,21-22,27-28,33-35,37,39-46,50H2,1-2H3,(H,53,54). The van der Waals surface area contributed by atoms with E-state index >= 15 is 0 Å². The molecule has 0 spiro atoms. The maximum atomic E-state index is 12.6. The fourth-order valence-corrected chi connectivity index (χ4v) is 5.88. The molecule has 0 aromatic rings. The minimum Gasteiger partial charge on any atom is -0.462 e. The van der Waals surface area contributed by atoms with E-state index in [1.165, 1.54) is 25.7 Å². The Morgan fingerprint density at radius 1 is 0.525 bits per heavy atom. The van der Waals surface area contributed by atoms with Crippen molar-refractivity contribution in [3.05, 3.63) is 122 Å². The van der Waals surface area contributed by atoms with Crippen LogP contribution < -0.4 is 5.73 Å². The van der Waals surface area contributed by atoms with Gasteiger partial charge in [0.15, 0.2) is 6.10 Å². The first-order chi connectivity index (χ1) is 28.8. The van der Waals surface area contributed by atoms with Crippen LogP contribution in [0.4, 0.5) is 0 Å². The molecule has 0 saturated heterocycles. The number of allylic oxidation sites excluding steroid dienone is 20. The summed E-state index contributed by atoms with van der Waals surface area (Å²) in [5.74, 6) is -0.977. The van der Waals surface area contributed by atoms with Crippen molar-refractivity contribution in [2.75, 3.05) is 26.4 Å². The number of unbranched alkanes of at least 4 members (excludes halogenated alkanes) is 6. The summed E-state index contributed by atoms with van der Waals surface area (Å²) >= 11 is 0. The Morgan fingerprint density at radius 2 is 0.966 bits per heavy atom. The minimum atomic E-state index is -4.42. The predicted octanol–water partition coefficient (Wildman–Crippen LogP) is 12.9. The highest BCUT2D eigenvalue weighted by Gasteiger charge is 2.25. The molecule has 2 unspecified atom stereocenters. The zero-order chi connectivity index (χ0) is 43.2. The van der Waals surface area contributed by atoms with Crippen molar-refractivity contribution >= 4 is 19.8 Å². The topological polar surface area (TPSA) is 134 Å². The summed E-state index contributed by atoms with van der Waals surface area (Å²) in [7, 11) is -4.42. The van der Waals surface area contributed by atoms with Gasteiger partial charge in [0.25, 0.3) is 0 Å². The van der Waals surface area contributed by atoms with Crippen LogP contribution in [0.1, 0.15) is 142 Å². The summed E-state index contributed by atoms with van der Waals surface area (Å²) in [6.07, 6.45) is 59.6. The van der Waals surface area contributed by atoms with E-state index in [1.807, 2.05) is 12.2 Å². The molecular formula is C49H78NO8P. The molecule has 0 rings (SSSR count). The van der Waals surface area contributed by atoms with Crippen LogP contribution in [-0.2, 0) is 32.7 Å². The van der Waals surface area contributed by atoms with Crippen molar-refractivity contribution < 1.29 is 37.6 Å². The molecule has 0 aromatic heterocycles. The number of hydrogen-bond acceptors (Lipinski definition) is 8. The number of carbonyl (C=O) groups is 2. The molecule has 0 heterocycles. The first-order valence-electron chi connectivity index (χ1n) is 22.0. The SMILES string of the molecule is CCC=CCC=CCC=CCC=CCC=CCC=CCCC(=O)OC(COC(=O)CCCCCC=CCC=CCC=CCC=CCCCCC)COP(=O)(O)OCCN. The van der Waals surface area contributed by atoms with Gasteiger partial charge in [-0.15, -0.1) is 0 Å². The molecule has 0 amide bonds. The second kappa shape index (κ2) is 44.0. The second-order valence-electron chi connectivity index (χ2n) is 13.8. The van der Waals surface area contributed by atoms with Gasteiger partial charge in [0.1, 0.15) is 6.61 Å². The Bertz CT molecular complexity index is 1370. The molecule has 0 aliphatic carbocycles. The lowest BCUT2D eigenvalue weighted by Gasteiger charge is -2.19. The van der Waals surface area contributed by atoms with Crippen LogP contribution in [0.25, 0.3) is 0 Å². The molecule has 0 radical (unpaired) electrons. The summed E-state index contributed by atoms with van der Waals surface area (Å²) < 4.78 is 32.7. The number of rotatable bonds is 39. The minimum absolute atomic E-state index is 0.0299. The molecule has 10 heteroatoms. The van der Waals surface area contributed by atoms with Crippen LogP contribution >= 0.6 is 7.82 Å². The van der Waals surface area contributed by atoms with Crippen LogP contribution in [-0.4, -0.2) is 49.3 Å². The van der Waals surface area contributed by atoms with Crippen LogP contribution in [0.3, 0.4) is 0 Å². The van der Waals surface area contributed by atoms with Crippen LogP contribution in [0.2, 0.25) is 0 Å². The van der Waals surface area contributed by atoms with E-state index in [0.717, 1.165) is 77.0 Å². The van der Waals surface area contributed by atoms with Gasteiger partial charge in [-0.05, 0) is 96.3 Å². The van der Waals surface area contributed by atoms with Crippen molar-refractivity contribution in [2.24, 2.45) is 5.73 Å². The third-order valence-electron chi connectivity index (χ3n) is 8.35. The molecule has 59 heavy (non-hydrogen) atoms. The zero-order valence-electron chi connectivity index (χ0n) is 36.4. The normalized spacial score (nSPS) is 14.4. The van der Waals surface area contributed by atoms with E-state index in [9.17, 15) is 19.0 Å². The van der Waals surface area contributed by atoms with E-state index in [2.05, 4.69) is 123 Å². The molecule has 9 nitrogen and oxygen atoms in total. The second-order valence-corrected chi connectivity index (χ2v) is 15.3. The molecule has 0 aliphatic rings. The Kier molecular flexibility index (Phi) is 41.3. The number of nitrogens with two attached hydrogens (primary N) is 1. The average molecular weight is 840 g/mol. The van der Waals surface area contributed by atoms with E-state index < -0.39 is 32.5 Å². The largest absolute Gasteiger partial charge is 0.472 e. The maximum absolute atomic E-state index is 12.6. The van der Waals surface area contributed by atoms with E-state index in [0.29, 0.717) is 12.8 Å². The monoisotopic (exact) mass is 840 g/mol. The molecule has 332 valence electrons. The maximum Gasteiger partial charge on any atom is 0.472 e. The highest BCUT2D eigenvalue weighted by atomic mass is 31.2. The van der Waals surface area contributed by atoms with Gasteiger partial charge in [-0.1, -0.05) is 155 Å². The van der Waals surface area contributed by atoms with Crippen molar-refractivity contribution in [3.63, 3.8) is 0 Å². The van der Waals surface area contributed by atoms with E-state index in [1.54, 1.807) is 0 Å². The third kappa shape index (κ3) is 43.8. The molecule has 0 bridgehead atoms. The lowest BCUT2D eigenvalue weighted by molar-refractivity contribution is -0.161. The summed E-state index contributed by atoms with van der Waals surface area (Å²) in [5.41, 5.74) is 5.34. The lowest BCUT2D eigenvalue weighted by atomic mass is 10.1. The first kappa shape index (κ1) is 55.4. The number of phosphoric ester groups is 1. The van der Waals surface area contributed by atoms with Gasteiger partial charge in [-0.25, -0.2) is 4.57 Å². The van der Waals surface area contributed by atoms with Crippen LogP contribution in [0.15, 0.2) is 122 Å². The Morgan fingerprint density at radius 3 is 1.42 bits per heavy atom. The zero-order valence-corrected chi connectivity index (χ0v) is 37.3. The van der Waals surface area contributed by atoms with Gasteiger partial charge in [0.2, 0.25) is 0 Å². The summed E-state index contributed by atoms with van der Waals surface area (Å²) in [6, 6.07) is 0. The molecule has 2 atom stereocenters. The quantitative estimate of drug-likeness (QED) is 0.0268. The molecule has 0 aromatic carbocycles. The van der Waals surface area contributed by atoms with Crippen LogP contribution in [0.5, 0.6) is 0 Å². The Balaban J connectivity index is 4.37. The number of hydrogen-bond donors (Lipinski definition) is 2. The number of phosphoric acid groups is 1. The number of ether oxygens (including phenoxy) is 2. The highest BCUT2D eigenvalue weighted by Crippen LogP contribution is 2.43. The van der Waals surface area contributed by atoms with Crippen LogP contribution in [0, 0.1) is 0 Å². The molecule has 0 fully saturated rings. The van der Waals surface area contributed by atoms with Gasteiger partial charge >= 0.3 is 19.8 Å². The van der Waals surface area contributed by atoms with Crippen molar-refractivity contribution in [2.45, 2.75) is 148 Å². The molecule has 3 N–H and O–H groups in total. The van der Waals surface area contributed by atoms with Crippen molar-refractivity contribution in [1.82, 2.24) is 0 Å². The molecule has 0 saturated carbocycles. The first-order valence-corrected chi connectivity index (χ1v) is 23.5. The third-order valence-corrected chi connectivity index (χ3v) is 9.33. The summed E-state index contributed by atoms with van der Waals surface area (Å²) in [4.78, 5) is 34.9. The highest BCUT2D eigenvalue weighted by molar-refractivity contribution is 7.47. The fourth-order valence-electron chi connectivity index (χ4n) is 5.11. The van der Waals surface area contributed by atoms with Crippen molar-refractivity contribution in [3.8, 4) is 0 Å². The summed E-state index contributed by atoms with van der Waals surface area (Å²) in [5, 5.41) is 0. The van der Waals surface area contributed by atoms with Gasteiger partial charge < -0.3 is 20.1 Å². The van der Waals surface area contributed by atoms with Gasteiger partial charge in [-0.3, -0.25) is 18.6 Å². The molecule has 0 aliphatic heterocycles. The van der Waals surface area contributed by atoms with E-state index in [-0.39, 0.29) is 32.6 Å². The summed E-state index contributed by atoms with van der Waals surface area (Å²) in [6.45, 7) is 3.43. The average Bonchev–Trinajstić information content (AvgIpc) is 3.22. The molecular weight excluding hydrogens is 762 g/mol. The smallest absolute Gasteiger partial charge is 0.462 e.